The Morgan fingerprint density at radius 3 is 2.43 bits per heavy atom. The molecule has 126 valence electrons. The van der Waals surface area contributed by atoms with Crippen molar-refractivity contribution >= 4 is 12.0 Å². The second kappa shape index (κ2) is 8.53. The fourth-order valence-corrected chi connectivity index (χ4v) is 3.00. The Hall–Kier alpha value is -2.08. The van der Waals surface area contributed by atoms with Crippen LogP contribution in [0, 0.1) is 11.8 Å². The van der Waals surface area contributed by atoms with Gasteiger partial charge in [0, 0.05) is 19.7 Å². The minimum absolute atomic E-state index is 0.224. The van der Waals surface area contributed by atoms with Crippen molar-refractivity contribution in [1.82, 2.24) is 10.6 Å². The molecule has 0 unspecified atom stereocenters. The highest BCUT2D eigenvalue weighted by atomic mass is 16.4. The van der Waals surface area contributed by atoms with Crippen LogP contribution in [0.3, 0.4) is 0 Å². The number of hydrogen-bond acceptors (Lipinski definition) is 3. The molecule has 0 bridgehead atoms. The minimum atomic E-state index is -0.962. The number of hydrogen-bond donors (Lipinski definition) is 4. The van der Waals surface area contributed by atoms with Crippen molar-refractivity contribution in [2.45, 2.75) is 32.2 Å². The lowest BCUT2D eigenvalue weighted by Crippen LogP contribution is -2.39. The van der Waals surface area contributed by atoms with Crippen LogP contribution < -0.4 is 10.6 Å². The average Bonchev–Trinajstić information content (AvgIpc) is 2.58. The molecule has 1 aromatic rings. The number of carboxylic acid groups (broad SMARTS) is 1. The molecule has 0 radical (unpaired) electrons. The number of carbonyl (C=O) groups excluding carboxylic acids is 1. The van der Waals surface area contributed by atoms with E-state index in [0.717, 1.165) is 31.2 Å². The van der Waals surface area contributed by atoms with Crippen LogP contribution in [0.15, 0.2) is 24.3 Å². The molecule has 1 saturated carbocycles. The monoisotopic (exact) mass is 320 g/mol. The number of carbonyl (C=O) groups is 2. The summed E-state index contributed by atoms with van der Waals surface area (Å²) in [5.41, 5.74) is 1.08. The highest BCUT2D eigenvalue weighted by molar-refractivity contribution is 5.87. The summed E-state index contributed by atoms with van der Waals surface area (Å²) < 4.78 is 0. The Labute approximate surface area is 135 Å². The standard InChI is InChI=1S/C17H24N2O4/c20-11-14-3-1-2-13(8-14)10-19-17(23)18-9-12-4-6-15(7-5-12)16(21)22/h4-7,13-14,20H,1-3,8-11H2,(H,21,22)(H2,18,19,23)/t13-,14+/m0/s1. The van der Waals surface area contributed by atoms with E-state index >= 15 is 0 Å². The third kappa shape index (κ3) is 5.56. The third-order valence-corrected chi connectivity index (χ3v) is 4.35. The molecule has 0 heterocycles. The lowest BCUT2D eigenvalue weighted by molar-refractivity contribution is 0.0697. The van der Waals surface area contributed by atoms with Crippen molar-refractivity contribution in [2.24, 2.45) is 11.8 Å². The molecule has 0 saturated heterocycles. The van der Waals surface area contributed by atoms with Crippen molar-refractivity contribution in [3.8, 4) is 0 Å². The van der Waals surface area contributed by atoms with E-state index in [4.69, 9.17) is 5.11 Å². The quantitative estimate of drug-likeness (QED) is 0.644. The van der Waals surface area contributed by atoms with E-state index in [0.29, 0.717) is 24.9 Å². The third-order valence-electron chi connectivity index (χ3n) is 4.35. The first-order chi connectivity index (χ1) is 11.1. The van der Waals surface area contributed by atoms with Crippen LogP contribution in [0.4, 0.5) is 4.79 Å². The van der Waals surface area contributed by atoms with Crippen molar-refractivity contribution < 1.29 is 19.8 Å². The fourth-order valence-electron chi connectivity index (χ4n) is 3.00. The van der Waals surface area contributed by atoms with E-state index in [9.17, 15) is 14.7 Å². The first-order valence-corrected chi connectivity index (χ1v) is 8.03. The van der Waals surface area contributed by atoms with Crippen LogP contribution in [0.5, 0.6) is 0 Å². The summed E-state index contributed by atoms with van der Waals surface area (Å²) in [6.45, 7) is 1.21. The zero-order valence-electron chi connectivity index (χ0n) is 13.1. The van der Waals surface area contributed by atoms with E-state index in [1.165, 1.54) is 12.1 Å². The van der Waals surface area contributed by atoms with Crippen molar-refractivity contribution in [2.75, 3.05) is 13.2 Å². The van der Waals surface area contributed by atoms with Crippen molar-refractivity contribution in [3.05, 3.63) is 35.4 Å². The summed E-state index contributed by atoms with van der Waals surface area (Å²) in [6.07, 6.45) is 4.24. The summed E-state index contributed by atoms with van der Waals surface area (Å²) in [7, 11) is 0. The molecule has 1 fully saturated rings. The van der Waals surface area contributed by atoms with Gasteiger partial charge in [-0.25, -0.2) is 9.59 Å². The molecule has 1 aliphatic rings. The van der Waals surface area contributed by atoms with E-state index < -0.39 is 5.97 Å². The van der Waals surface area contributed by atoms with Crippen LogP contribution in [-0.2, 0) is 6.54 Å². The highest BCUT2D eigenvalue weighted by Crippen LogP contribution is 2.28. The number of amides is 2. The molecule has 0 spiro atoms. The van der Waals surface area contributed by atoms with Gasteiger partial charge in [0.25, 0.3) is 0 Å². The van der Waals surface area contributed by atoms with Gasteiger partial charge in [-0.05, 0) is 48.8 Å². The molecule has 1 aliphatic carbocycles. The molecule has 23 heavy (non-hydrogen) atoms. The maximum absolute atomic E-state index is 11.8. The Morgan fingerprint density at radius 1 is 1.09 bits per heavy atom. The van der Waals surface area contributed by atoms with Crippen LogP contribution >= 0.6 is 0 Å². The predicted octanol–water partition coefficient (Wildman–Crippen LogP) is 1.98. The second-order valence-corrected chi connectivity index (χ2v) is 6.15. The number of aliphatic hydroxyl groups is 1. The van der Waals surface area contributed by atoms with Crippen LogP contribution in [-0.4, -0.2) is 35.4 Å². The van der Waals surface area contributed by atoms with Gasteiger partial charge in [-0.3, -0.25) is 0 Å². The zero-order chi connectivity index (χ0) is 16.7. The highest BCUT2D eigenvalue weighted by Gasteiger charge is 2.21. The lowest BCUT2D eigenvalue weighted by Gasteiger charge is -2.27. The van der Waals surface area contributed by atoms with Crippen molar-refractivity contribution in [1.29, 1.82) is 0 Å². The van der Waals surface area contributed by atoms with E-state index in [-0.39, 0.29) is 18.2 Å². The molecular weight excluding hydrogens is 296 g/mol. The molecule has 6 nitrogen and oxygen atoms in total. The normalized spacial score (nSPS) is 20.7. The molecule has 4 N–H and O–H groups in total. The molecule has 2 rings (SSSR count). The second-order valence-electron chi connectivity index (χ2n) is 6.15. The van der Waals surface area contributed by atoms with Gasteiger partial charge in [0.1, 0.15) is 0 Å². The SMILES string of the molecule is O=C(NCc1ccc(C(=O)O)cc1)NC[C@H]1CCC[C@@H](CO)C1. The summed E-state index contributed by atoms with van der Waals surface area (Å²) in [5, 5.41) is 23.7. The largest absolute Gasteiger partial charge is 0.478 e. The van der Waals surface area contributed by atoms with E-state index in [2.05, 4.69) is 10.6 Å². The number of aromatic carboxylic acids is 1. The Kier molecular flexibility index (Phi) is 6.40. The zero-order valence-corrected chi connectivity index (χ0v) is 13.1. The van der Waals surface area contributed by atoms with Gasteiger partial charge in [0.15, 0.2) is 0 Å². The summed E-state index contributed by atoms with van der Waals surface area (Å²) >= 11 is 0. The number of benzene rings is 1. The molecule has 0 aromatic heterocycles. The first-order valence-electron chi connectivity index (χ1n) is 8.03. The Balaban J connectivity index is 1.69. The predicted molar refractivity (Wildman–Crippen MR) is 86.2 cm³/mol. The van der Waals surface area contributed by atoms with Gasteiger partial charge in [0.2, 0.25) is 0 Å². The van der Waals surface area contributed by atoms with Crippen LogP contribution in [0.25, 0.3) is 0 Å². The Bertz CT molecular complexity index is 530. The molecule has 2 atom stereocenters. The van der Waals surface area contributed by atoms with E-state index in [1.807, 2.05) is 0 Å². The average molecular weight is 320 g/mol. The lowest BCUT2D eigenvalue weighted by atomic mass is 9.82. The number of urea groups is 1. The van der Waals surface area contributed by atoms with Crippen LogP contribution in [0.2, 0.25) is 0 Å². The minimum Gasteiger partial charge on any atom is -0.478 e. The number of nitrogens with one attached hydrogen (secondary N) is 2. The van der Waals surface area contributed by atoms with Crippen LogP contribution in [0.1, 0.15) is 41.6 Å². The molecule has 6 heteroatoms. The smallest absolute Gasteiger partial charge is 0.335 e. The fraction of sp³-hybridized carbons (Fsp3) is 0.529. The maximum Gasteiger partial charge on any atom is 0.335 e. The van der Waals surface area contributed by atoms with Gasteiger partial charge >= 0.3 is 12.0 Å². The van der Waals surface area contributed by atoms with Crippen molar-refractivity contribution in [3.63, 3.8) is 0 Å². The first kappa shape index (κ1) is 17.3. The van der Waals surface area contributed by atoms with Gasteiger partial charge in [-0.2, -0.15) is 0 Å². The van der Waals surface area contributed by atoms with E-state index in [1.54, 1.807) is 12.1 Å². The number of rotatable bonds is 6. The topological polar surface area (TPSA) is 98.7 Å². The Morgan fingerprint density at radius 2 is 1.78 bits per heavy atom. The molecule has 2 amide bonds. The van der Waals surface area contributed by atoms with Gasteiger partial charge in [0.05, 0.1) is 5.56 Å². The molecular formula is C17H24N2O4. The summed E-state index contributed by atoms with van der Waals surface area (Å²) in [6, 6.07) is 6.20. The molecule has 1 aromatic carbocycles. The number of aliphatic hydroxyl groups excluding tert-OH is 1. The maximum atomic E-state index is 11.8. The summed E-state index contributed by atoms with van der Waals surface area (Å²) in [5.74, 6) is -0.163. The summed E-state index contributed by atoms with van der Waals surface area (Å²) in [4.78, 5) is 22.6. The van der Waals surface area contributed by atoms with Gasteiger partial charge < -0.3 is 20.8 Å². The molecule has 0 aliphatic heterocycles. The van der Waals surface area contributed by atoms with Gasteiger partial charge in [-0.15, -0.1) is 0 Å². The van der Waals surface area contributed by atoms with Gasteiger partial charge in [-0.1, -0.05) is 18.6 Å². The number of carboxylic acids is 1.